The minimum Gasteiger partial charge on any atom is -0.394 e. The number of aliphatic hydroxyl groups is 1. The third kappa shape index (κ3) is 6.44. The first-order valence-electron chi connectivity index (χ1n) is 3.33. The summed E-state index contributed by atoms with van der Waals surface area (Å²) in [6.45, 7) is -0.690. The predicted molar refractivity (Wildman–Crippen MR) is 45.7 cm³/mol. The van der Waals surface area contributed by atoms with E-state index < -0.39 is 20.0 Å². The van der Waals surface area contributed by atoms with Crippen molar-refractivity contribution in [2.24, 2.45) is 5.73 Å². The Labute approximate surface area is 74.8 Å². The zero-order chi connectivity index (χ0) is 10.3. The lowest BCUT2D eigenvalue weighted by Gasteiger charge is -2.08. The van der Waals surface area contributed by atoms with Crippen LogP contribution in [0.4, 0.5) is 0 Å². The fraction of sp³-hybridized carbons (Fsp3) is 0.400. The summed E-state index contributed by atoms with van der Waals surface area (Å²) < 4.78 is 9.97. The first-order valence-corrected chi connectivity index (χ1v) is 5.01. The number of nitrogens with zero attached hydrogens (tertiary/aromatic N) is 1. The minimum absolute atomic E-state index is 0.690. The number of nitrogens with two attached hydrogens (primary N) is 1. The average molecular weight is 209 g/mol. The quantitative estimate of drug-likeness (QED) is 0.391. The maximum atomic E-state index is 9.97. The molecule has 1 unspecified atom stereocenters. The van der Waals surface area contributed by atoms with Crippen molar-refractivity contribution in [1.29, 1.82) is 0 Å². The third-order valence-corrected chi connectivity index (χ3v) is 2.05. The molecule has 6 N–H and O–H groups in total. The van der Waals surface area contributed by atoms with Crippen LogP contribution in [0.3, 0.4) is 0 Å². The number of aliphatic hydroxyl groups excluding tert-OH is 1. The number of aromatic amines is 1. The zero-order valence-electron chi connectivity index (χ0n) is 6.74. The van der Waals surface area contributed by atoms with Crippen LogP contribution in [0.15, 0.2) is 18.7 Å². The van der Waals surface area contributed by atoms with Crippen LogP contribution in [0.2, 0.25) is 0 Å². The Bertz CT molecular complexity index is 229. The minimum atomic E-state index is -4.23. The third-order valence-electron chi connectivity index (χ3n) is 1.02. The number of aromatic nitrogens is 2. The van der Waals surface area contributed by atoms with Crippen LogP contribution >= 0.6 is 7.60 Å². The van der Waals surface area contributed by atoms with E-state index in [1.807, 2.05) is 0 Å². The molecular weight excluding hydrogens is 197 g/mol. The first kappa shape index (κ1) is 12.3. The van der Waals surface area contributed by atoms with Gasteiger partial charge >= 0.3 is 7.60 Å². The van der Waals surface area contributed by atoms with Gasteiger partial charge in [-0.25, -0.2) is 4.98 Å². The first-order chi connectivity index (χ1) is 5.98. The molecule has 8 heteroatoms. The lowest BCUT2D eigenvalue weighted by Crippen LogP contribution is -2.23. The van der Waals surface area contributed by atoms with E-state index in [2.05, 4.69) is 9.97 Å². The molecule has 0 saturated heterocycles. The van der Waals surface area contributed by atoms with Crippen molar-refractivity contribution in [2.45, 2.75) is 5.78 Å². The molecule has 76 valence electrons. The van der Waals surface area contributed by atoms with Crippen molar-refractivity contribution < 1.29 is 19.5 Å². The van der Waals surface area contributed by atoms with Crippen LogP contribution in [0.1, 0.15) is 0 Å². The van der Waals surface area contributed by atoms with Gasteiger partial charge in [-0.3, -0.25) is 4.57 Å². The summed E-state index contributed by atoms with van der Waals surface area (Å²) in [6, 6.07) is 0. The van der Waals surface area contributed by atoms with E-state index in [-0.39, 0.29) is 0 Å². The summed E-state index contributed by atoms with van der Waals surface area (Å²) in [6.07, 6.45) is 5.08. The molecule has 0 saturated carbocycles. The van der Waals surface area contributed by atoms with E-state index in [1.54, 1.807) is 18.7 Å². The molecule has 0 radical (unpaired) electrons. The second-order valence-electron chi connectivity index (χ2n) is 2.10. The summed E-state index contributed by atoms with van der Waals surface area (Å²) in [5.74, 6) is -1.43. The van der Waals surface area contributed by atoms with Gasteiger partial charge in [0.05, 0.1) is 12.9 Å². The lowest BCUT2D eigenvalue weighted by atomic mass is 10.7. The topological polar surface area (TPSA) is 132 Å². The summed E-state index contributed by atoms with van der Waals surface area (Å²) in [5.41, 5.74) is 4.74. The molecule has 1 atom stereocenters. The molecule has 0 aliphatic rings. The van der Waals surface area contributed by atoms with Crippen LogP contribution < -0.4 is 5.73 Å². The van der Waals surface area contributed by atoms with Crippen LogP contribution in [0.25, 0.3) is 0 Å². The van der Waals surface area contributed by atoms with Crippen LogP contribution in [0, 0.1) is 0 Å². The highest BCUT2D eigenvalue weighted by Crippen LogP contribution is 2.37. The Morgan fingerprint density at radius 2 is 2.23 bits per heavy atom. The van der Waals surface area contributed by atoms with Gasteiger partial charge < -0.3 is 25.6 Å². The van der Waals surface area contributed by atoms with Gasteiger partial charge in [-0.15, -0.1) is 0 Å². The number of rotatable bonds is 2. The monoisotopic (exact) mass is 209 g/mol. The highest BCUT2D eigenvalue weighted by molar-refractivity contribution is 7.52. The molecule has 1 aromatic rings. The Hall–Kier alpha value is -0.720. The molecule has 0 amide bonds. The molecule has 0 bridgehead atoms. The second kappa shape index (κ2) is 5.85. The smallest absolute Gasteiger partial charge is 0.344 e. The maximum absolute atomic E-state index is 9.97. The number of H-pyrrole nitrogens is 1. The number of hydrogen-bond donors (Lipinski definition) is 5. The normalized spacial score (nSPS) is 12.9. The summed E-state index contributed by atoms with van der Waals surface area (Å²) in [5, 5.41) is 8.05. The largest absolute Gasteiger partial charge is 0.394 e. The summed E-state index contributed by atoms with van der Waals surface area (Å²) in [7, 11) is -4.23. The molecule has 1 heterocycles. The van der Waals surface area contributed by atoms with Gasteiger partial charge in [0.2, 0.25) is 0 Å². The molecular formula is C5H12N3O4P. The average Bonchev–Trinajstić information content (AvgIpc) is 2.58. The zero-order valence-corrected chi connectivity index (χ0v) is 7.63. The number of imidazole rings is 1. The summed E-state index contributed by atoms with van der Waals surface area (Å²) in [4.78, 5) is 22.6. The van der Waals surface area contributed by atoms with Crippen molar-refractivity contribution in [3.05, 3.63) is 18.7 Å². The summed E-state index contributed by atoms with van der Waals surface area (Å²) >= 11 is 0. The van der Waals surface area contributed by atoms with E-state index >= 15 is 0 Å². The predicted octanol–water partition coefficient (Wildman–Crippen LogP) is -1.15. The van der Waals surface area contributed by atoms with Crippen molar-refractivity contribution in [3.63, 3.8) is 0 Å². The highest BCUT2D eigenvalue weighted by atomic mass is 31.2. The SMILES string of the molecule is NC(CO)P(=O)(O)O.c1c[nH]cn1. The Morgan fingerprint density at radius 3 is 2.31 bits per heavy atom. The fourth-order valence-electron chi connectivity index (χ4n) is 0.322. The van der Waals surface area contributed by atoms with E-state index in [1.165, 1.54) is 0 Å². The van der Waals surface area contributed by atoms with Crippen LogP contribution in [-0.4, -0.2) is 37.3 Å². The second-order valence-corrected chi connectivity index (χ2v) is 3.94. The van der Waals surface area contributed by atoms with Crippen molar-refractivity contribution in [3.8, 4) is 0 Å². The van der Waals surface area contributed by atoms with E-state index in [0.29, 0.717) is 0 Å². The van der Waals surface area contributed by atoms with E-state index in [9.17, 15) is 4.57 Å². The van der Waals surface area contributed by atoms with Gasteiger partial charge in [0, 0.05) is 12.4 Å². The molecule has 7 nitrogen and oxygen atoms in total. The molecule has 0 aliphatic carbocycles. The van der Waals surface area contributed by atoms with E-state index in [0.717, 1.165) is 0 Å². The Morgan fingerprint density at radius 1 is 1.62 bits per heavy atom. The Balaban J connectivity index is 0.000000243. The highest BCUT2D eigenvalue weighted by Gasteiger charge is 2.22. The number of nitrogens with one attached hydrogen (secondary N) is 1. The van der Waals surface area contributed by atoms with Gasteiger partial charge in [-0.1, -0.05) is 0 Å². The number of hydrogen-bond acceptors (Lipinski definition) is 4. The van der Waals surface area contributed by atoms with Gasteiger partial charge in [0.15, 0.2) is 0 Å². The molecule has 1 aromatic heterocycles. The molecule has 0 spiro atoms. The van der Waals surface area contributed by atoms with Crippen LogP contribution in [-0.2, 0) is 4.57 Å². The van der Waals surface area contributed by atoms with Crippen LogP contribution in [0.5, 0.6) is 0 Å². The van der Waals surface area contributed by atoms with Gasteiger partial charge in [-0.2, -0.15) is 0 Å². The molecule has 1 rings (SSSR count). The standard InChI is InChI=1S/C3H4N2.C2H8NO4P/c1-2-5-3-4-1;3-2(1-4)8(5,6)7/h1-3H,(H,4,5);2,4H,1,3H2,(H2,5,6,7). The molecule has 0 aliphatic heterocycles. The van der Waals surface area contributed by atoms with Crippen molar-refractivity contribution >= 4 is 7.60 Å². The molecule has 13 heavy (non-hydrogen) atoms. The fourth-order valence-corrected chi connectivity index (χ4v) is 0.534. The van der Waals surface area contributed by atoms with Crippen molar-refractivity contribution in [2.75, 3.05) is 6.61 Å². The van der Waals surface area contributed by atoms with E-state index in [4.69, 9.17) is 20.6 Å². The van der Waals surface area contributed by atoms with Gasteiger partial charge in [0.1, 0.15) is 5.78 Å². The van der Waals surface area contributed by atoms with Gasteiger partial charge in [0.25, 0.3) is 0 Å². The Kier molecular flexibility index (Phi) is 5.52. The van der Waals surface area contributed by atoms with Crippen molar-refractivity contribution in [1.82, 2.24) is 9.97 Å². The maximum Gasteiger partial charge on any atom is 0.344 e. The molecule has 0 aromatic carbocycles. The lowest BCUT2D eigenvalue weighted by molar-refractivity contribution is 0.267. The molecule has 0 fully saturated rings. The van der Waals surface area contributed by atoms with Gasteiger partial charge in [-0.05, 0) is 0 Å².